The van der Waals surface area contributed by atoms with Crippen LogP contribution in [-0.2, 0) is 44.2 Å². The number of aryl methyl sites for hydroxylation is 4. The molecule has 4 aromatic carbocycles. The molecule has 0 aliphatic rings. The van der Waals surface area contributed by atoms with Crippen LogP contribution >= 0.6 is 20.4 Å². The van der Waals surface area contributed by atoms with Gasteiger partial charge in [-0.3, -0.25) is 19.2 Å². The topological polar surface area (TPSA) is 144 Å². The van der Waals surface area contributed by atoms with E-state index in [1.807, 2.05) is 39.8 Å². The smallest absolute Gasteiger partial charge is 0.358 e. The summed E-state index contributed by atoms with van der Waals surface area (Å²) in [5.41, 5.74) is 2.22. The summed E-state index contributed by atoms with van der Waals surface area (Å²) >= 11 is -0.710. The van der Waals surface area contributed by atoms with Crippen LogP contribution in [0.4, 0.5) is 38.9 Å². The number of benzene rings is 4. The van der Waals surface area contributed by atoms with Crippen molar-refractivity contribution >= 4 is 54.1 Å². The Kier molecular flexibility index (Phi) is 18.1. The number of hydrogen-bond acceptors (Lipinski definition) is 9. The summed E-state index contributed by atoms with van der Waals surface area (Å²) in [7, 11) is -23.6. The number of esters is 2. The molecule has 0 N–H and O–H groups in total. The van der Waals surface area contributed by atoms with Crippen molar-refractivity contribution in [3.8, 4) is 0 Å². The predicted octanol–water partition coefficient (Wildman–Crippen LogP) is 9.83. The van der Waals surface area contributed by atoms with Crippen LogP contribution in [0, 0.1) is 40.8 Å². The first-order valence-corrected chi connectivity index (χ1v) is 26.2. The number of ketones is 2. The van der Waals surface area contributed by atoms with Gasteiger partial charge in [0, 0.05) is 11.1 Å². The summed E-state index contributed by atoms with van der Waals surface area (Å²) in [6, 6.07) is 14.8. The lowest BCUT2D eigenvalue weighted by Crippen LogP contribution is -3.62. The van der Waals surface area contributed by atoms with Crippen LogP contribution in [0.5, 0.6) is 0 Å². The number of carbonyl (C=O) groups excluding carboxylic acids is 4. The molecule has 0 radical (unpaired) electrons. The summed E-state index contributed by atoms with van der Waals surface area (Å²) in [5.74, 6) is -2.83. The van der Waals surface area contributed by atoms with Crippen molar-refractivity contribution in [3.63, 3.8) is 0 Å². The third-order valence-electron chi connectivity index (χ3n) is 8.87. The normalized spacial score (nSPS) is 15.0. The van der Waals surface area contributed by atoms with Crippen LogP contribution in [0.2, 0.25) is 0 Å². The Morgan fingerprint density at radius 1 is 0.662 bits per heavy atom. The molecular weight excluding hydrogens is 1060 g/mol. The van der Waals surface area contributed by atoms with Crippen LogP contribution in [0.3, 0.4) is 0 Å². The van der Waals surface area contributed by atoms with E-state index in [2.05, 4.69) is 4.74 Å². The molecule has 0 heterocycles. The molecule has 65 heavy (non-hydrogen) atoms. The van der Waals surface area contributed by atoms with Crippen molar-refractivity contribution in [1.82, 2.24) is 0 Å². The number of Topliss-reactive ketones (excluding diaryl/α,β-unsaturated/α-hetero) is 2. The Labute approximate surface area is 382 Å². The zero-order valence-corrected chi connectivity index (χ0v) is 41.2. The van der Waals surface area contributed by atoms with E-state index in [0.717, 1.165) is 32.7 Å². The second kappa shape index (κ2) is 20.0. The maximum atomic E-state index is 12.7. The molecule has 4 aromatic rings. The maximum absolute atomic E-state index is 12.7. The van der Waals surface area contributed by atoms with Gasteiger partial charge in [0.25, 0.3) is 0 Å². The highest BCUT2D eigenvalue weighted by atomic mass is 127. The Morgan fingerprint density at radius 2 is 1.06 bits per heavy atom. The van der Waals surface area contributed by atoms with Gasteiger partial charge in [0.2, 0.25) is 0 Å². The summed E-state index contributed by atoms with van der Waals surface area (Å²) in [6.07, 6.45) is 0. The van der Waals surface area contributed by atoms with Crippen molar-refractivity contribution < 1.29 is 102 Å². The van der Waals surface area contributed by atoms with Crippen LogP contribution in [0.1, 0.15) is 69.4 Å². The molecule has 0 saturated carbocycles. The second-order valence-corrected chi connectivity index (χ2v) is 23.5. The minimum absolute atomic E-state index is 0.0365. The molecule has 0 bridgehead atoms. The Hall–Kier alpha value is -4.20. The maximum Gasteiger partial charge on any atom is 0.358 e. The van der Waals surface area contributed by atoms with Gasteiger partial charge in [-0.1, -0.05) is 86.4 Å². The van der Waals surface area contributed by atoms with Crippen LogP contribution in [0.15, 0.2) is 99.6 Å². The minimum atomic E-state index is -9.79. The lowest BCUT2D eigenvalue weighted by Gasteiger charge is -2.40. The van der Waals surface area contributed by atoms with Crippen LogP contribution in [-0.4, -0.2) is 49.7 Å². The van der Waals surface area contributed by atoms with E-state index in [4.69, 9.17) is 4.74 Å². The van der Waals surface area contributed by atoms with Gasteiger partial charge in [0.1, 0.15) is 37.0 Å². The fourth-order valence-corrected chi connectivity index (χ4v) is 9.37. The van der Waals surface area contributed by atoms with Gasteiger partial charge >= 0.3 is 53.6 Å². The van der Waals surface area contributed by atoms with E-state index in [9.17, 15) is 71.0 Å². The third kappa shape index (κ3) is 18.5. The molecule has 4 rings (SSSR count). The Balaban J connectivity index is 0.000000460. The van der Waals surface area contributed by atoms with E-state index in [0.29, 0.717) is 34.4 Å². The Morgan fingerprint density at radius 3 is 1.40 bits per heavy atom. The average molecular weight is 1110 g/mol. The highest BCUT2D eigenvalue weighted by Gasteiger charge is 2.66. The SMILES string of the molecule is CCOC(=O)C(C)(C(C)=O)c1ccc(S(F)(F)(F)(F)F)cc1.CCOC(=O)C(C)C(C)=O.Cc1cc(C)c([I+]c2ccc(S(F)(F)(F)(F)F)cc2)c(C)c1.Cc1ccc(S(=O)(=O)[O-])cc1. The van der Waals surface area contributed by atoms with Gasteiger partial charge in [-0.05, 0) is 123 Å². The molecule has 2 atom stereocenters. The molecule has 0 aliphatic heterocycles. The number of halogens is 11. The first-order valence-electron chi connectivity index (χ1n) is 18.8. The van der Waals surface area contributed by atoms with E-state index < -0.39 is 90.6 Å². The Bertz CT molecular complexity index is 2450. The number of carbonyl (C=O) groups is 4. The second-order valence-electron chi connectivity index (χ2n) is 14.5. The van der Waals surface area contributed by atoms with Crippen LogP contribution in [0.25, 0.3) is 0 Å². The number of ether oxygens (including phenoxy) is 2. The van der Waals surface area contributed by atoms with Gasteiger partial charge in [-0.15, -0.1) is 0 Å². The van der Waals surface area contributed by atoms with Crippen molar-refractivity contribution in [1.29, 1.82) is 0 Å². The van der Waals surface area contributed by atoms with Gasteiger partial charge in [0.05, 0.1) is 18.1 Å². The van der Waals surface area contributed by atoms with E-state index in [1.165, 1.54) is 45.0 Å². The van der Waals surface area contributed by atoms with E-state index in [1.54, 1.807) is 26.0 Å². The predicted molar refractivity (Wildman–Crippen MR) is 224 cm³/mol. The first-order chi connectivity index (χ1) is 29.0. The van der Waals surface area contributed by atoms with Crippen LogP contribution < -0.4 is 21.2 Å². The average Bonchev–Trinajstić information content (AvgIpc) is 3.14. The quantitative estimate of drug-likeness (QED) is 0.0445. The van der Waals surface area contributed by atoms with E-state index in [-0.39, 0.29) is 35.0 Å². The zero-order chi connectivity index (χ0) is 50.9. The minimum Gasteiger partial charge on any atom is -0.744 e. The highest BCUT2D eigenvalue weighted by molar-refractivity contribution is 8.46. The summed E-state index contributed by atoms with van der Waals surface area (Å²) in [4.78, 5) is 40.8. The summed E-state index contributed by atoms with van der Waals surface area (Å²) in [5, 5.41) is 0. The zero-order valence-electron chi connectivity index (χ0n) is 36.6. The lowest BCUT2D eigenvalue weighted by molar-refractivity contribution is -0.598. The molecular formula is C42H49F10IO9S3. The standard InChI is InChI=1S/C15H15F5IS.C13H15F5O3S.C7H8O3S.C7H12O3/c1-10-8-11(2)15(12(3)9-10)21-13-4-6-14(7-5-13)22(16,17,18,19)20;1-4-21-12(20)13(3,9(2)19)10-5-7-11(8-6-10)22(14,15,16,17)18;1-6-2-4-7(5-3-6)11(8,9)10;1-4-10-7(9)5(2)6(3)8/h4-9H,1-3H3;5-8H,4H2,1-3H3;2-5H,1H3,(H,8,9,10);5H,4H2,1-3H3/q+1;;;/p-1. The lowest BCUT2D eigenvalue weighted by atomic mass is 9.79. The van der Waals surface area contributed by atoms with Crippen molar-refractivity contribution in [2.24, 2.45) is 5.92 Å². The van der Waals surface area contributed by atoms with Gasteiger partial charge in [-0.25, -0.2) is 8.42 Å². The molecule has 0 aliphatic carbocycles. The molecule has 0 amide bonds. The molecule has 0 saturated heterocycles. The number of hydrogen-bond donors (Lipinski definition) is 0. The highest BCUT2D eigenvalue weighted by Crippen LogP contribution is 3.02. The molecule has 23 heteroatoms. The first kappa shape index (κ1) is 58.8. The van der Waals surface area contributed by atoms with Gasteiger partial charge in [-0.2, -0.15) is 0 Å². The molecule has 9 nitrogen and oxygen atoms in total. The van der Waals surface area contributed by atoms with E-state index >= 15 is 0 Å². The third-order valence-corrected chi connectivity index (χ3v) is 15.6. The largest absolute Gasteiger partial charge is 0.744 e. The summed E-state index contributed by atoms with van der Waals surface area (Å²) in [6.45, 7) is 16.4. The van der Waals surface area contributed by atoms with Gasteiger partial charge < -0.3 is 14.0 Å². The monoisotopic (exact) mass is 1110 g/mol. The number of rotatable bonds is 12. The van der Waals surface area contributed by atoms with Crippen molar-refractivity contribution in [3.05, 3.63) is 120 Å². The van der Waals surface area contributed by atoms with Gasteiger partial charge in [0.15, 0.2) is 12.9 Å². The van der Waals surface area contributed by atoms with Crippen molar-refractivity contribution in [2.75, 3.05) is 13.2 Å². The molecule has 0 aromatic heterocycles. The molecule has 0 fully saturated rings. The molecule has 2 unspecified atom stereocenters. The fraction of sp³-hybridized carbons (Fsp3) is 0.333. The fourth-order valence-electron chi connectivity index (χ4n) is 5.10. The molecule has 366 valence electrons. The molecule has 0 spiro atoms. The summed E-state index contributed by atoms with van der Waals surface area (Å²) < 4.78 is 169. The van der Waals surface area contributed by atoms with Crippen molar-refractivity contribution in [2.45, 2.75) is 89.3 Å².